The van der Waals surface area contributed by atoms with Gasteiger partial charge in [-0.15, -0.1) is 0 Å². The van der Waals surface area contributed by atoms with Crippen molar-refractivity contribution in [3.8, 4) is 0 Å². The number of alkyl halides is 3. The van der Waals surface area contributed by atoms with Gasteiger partial charge in [0.15, 0.2) is 0 Å². The molecule has 0 amide bonds. The molecular weight excluding hydrogens is 301 g/mol. The van der Waals surface area contributed by atoms with Gasteiger partial charge >= 0.3 is 12.1 Å². The average molecular weight is 309 g/mol. The molecule has 0 unspecified atom stereocenters. The first kappa shape index (κ1) is 13.8. The number of ether oxygens (including phenoxy) is 1. The first-order chi connectivity index (χ1) is 7.82. The van der Waals surface area contributed by atoms with Crippen LogP contribution in [0, 0.1) is 0 Å². The Labute approximate surface area is 104 Å². The summed E-state index contributed by atoms with van der Waals surface area (Å²) in [5, 5.41) is 0. The smallest absolute Gasteiger partial charge is 0.416 e. The molecule has 0 fully saturated rings. The highest BCUT2D eigenvalue weighted by Gasteiger charge is 2.30. The molecule has 0 heterocycles. The van der Waals surface area contributed by atoms with Gasteiger partial charge in [-0.3, -0.25) is 0 Å². The Hall–Kier alpha value is -1.30. The summed E-state index contributed by atoms with van der Waals surface area (Å²) in [4.78, 5) is 10.8. The lowest BCUT2D eigenvalue weighted by atomic mass is 10.1. The number of esters is 1. The van der Waals surface area contributed by atoms with Crippen LogP contribution in [0.15, 0.2) is 28.7 Å². The maximum absolute atomic E-state index is 12.5. The largest absolute Gasteiger partial charge is 0.466 e. The van der Waals surface area contributed by atoms with Crippen LogP contribution in [0.1, 0.15) is 11.1 Å². The van der Waals surface area contributed by atoms with Crippen molar-refractivity contribution in [3.05, 3.63) is 39.9 Å². The molecule has 2 nitrogen and oxygen atoms in total. The molecule has 0 bridgehead atoms. The number of carbonyl (C=O) groups excluding carboxylic acids is 1. The third-order valence-corrected chi connectivity index (χ3v) is 2.32. The minimum atomic E-state index is -4.42. The predicted molar refractivity (Wildman–Crippen MR) is 60.2 cm³/mol. The molecule has 17 heavy (non-hydrogen) atoms. The van der Waals surface area contributed by atoms with Crippen molar-refractivity contribution in [2.24, 2.45) is 0 Å². The van der Waals surface area contributed by atoms with Crippen LogP contribution in [-0.4, -0.2) is 13.1 Å². The molecule has 0 aliphatic heterocycles. The van der Waals surface area contributed by atoms with E-state index >= 15 is 0 Å². The zero-order valence-electron chi connectivity index (χ0n) is 8.72. The number of methoxy groups -OCH3 is 1. The Morgan fingerprint density at radius 2 is 2.00 bits per heavy atom. The first-order valence-electron chi connectivity index (χ1n) is 4.47. The number of rotatable bonds is 2. The molecule has 1 aromatic rings. The van der Waals surface area contributed by atoms with Gasteiger partial charge in [-0.25, -0.2) is 4.79 Å². The van der Waals surface area contributed by atoms with E-state index in [0.29, 0.717) is 0 Å². The first-order valence-corrected chi connectivity index (χ1v) is 5.26. The van der Waals surface area contributed by atoms with E-state index in [2.05, 4.69) is 20.7 Å². The Morgan fingerprint density at radius 1 is 1.35 bits per heavy atom. The maximum Gasteiger partial charge on any atom is 0.416 e. The second-order valence-electron chi connectivity index (χ2n) is 3.13. The van der Waals surface area contributed by atoms with Crippen LogP contribution < -0.4 is 0 Å². The van der Waals surface area contributed by atoms with E-state index in [0.717, 1.165) is 18.2 Å². The van der Waals surface area contributed by atoms with Crippen molar-refractivity contribution in [1.82, 2.24) is 0 Å². The van der Waals surface area contributed by atoms with Gasteiger partial charge in [0.05, 0.1) is 12.7 Å². The van der Waals surface area contributed by atoms with Gasteiger partial charge in [0.2, 0.25) is 0 Å². The van der Waals surface area contributed by atoms with Gasteiger partial charge in [-0.2, -0.15) is 13.2 Å². The van der Waals surface area contributed by atoms with E-state index in [1.54, 1.807) is 0 Å². The molecule has 0 aliphatic carbocycles. The summed E-state index contributed by atoms with van der Waals surface area (Å²) in [5.74, 6) is -0.626. The normalized spacial score (nSPS) is 11.8. The number of hydrogen-bond donors (Lipinski definition) is 0. The van der Waals surface area contributed by atoms with Crippen LogP contribution in [0.5, 0.6) is 0 Å². The van der Waals surface area contributed by atoms with Crippen molar-refractivity contribution in [1.29, 1.82) is 0 Å². The minimum Gasteiger partial charge on any atom is -0.466 e. The summed E-state index contributed by atoms with van der Waals surface area (Å²) in [6.45, 7) is 0. The molecule has 0 aromatic heterocycles. The molecule has 0 N–H and O–H groups in total. The molecule has 0 saturated carbocycles. The monoisotopic (exact) mass is 308 g/mol. The van der Waals surface area contributed by atoms with Crippen LogP contribution in [-0.2, 0) is 15.7 Å². The third-order valence-electron chi connectivity index (χ3n) is 1.86. The predicted octanol–water partition coefficient (Wildman–Crippen LogP) is 3.65. The highest BCUT2D eigenvalue weighted by Crippen LogP contribution is 2.32. The van der Waals surface area contributed by atoms with Crippen LogP contribution in [0.2, 0.25) is 0 Å². The fourth-order valence-corrected chi connectivity index (χ4v) is 1.62. The summed E-state index contributed by atoms with van der Waals surface area (Å²) in [6, 6.07) is 3.38. The van der Waals surface area contributed by atoms with Gasteiger partial charge < -0.3 is 4.74 Å². The minimum absolute atomic E-state index is 0.261. The third kappa shape index (κ3) is 4.22. The zero-order valence-corrected chi connectivity index (χ0v) is 10.3. The molecule has 0 saturated heterocycles. The summed E-state index contributed by atoms with van der Waals surface area (Å²) >= 11 is 2.98. The lowest BCUT2D eigenvalue weighted by Crippen LogP contribution is -2.05. The van der Waals surface area contributed by atoms with Crippen molar-refractivity contribution in [2.75, 3.05) is 7.11 Å². The van der Waals surface area contributed by atoms with Crippen molar-refractivity contribution < 1.29 is 22.7 Å². The molecule has 0 spiro atoms. The number of halogens is 4. The summed E-state index contributed by atoms with van der Waals surface area (Å²) in [6.07, 6.45) is -2.11. The van der Waals surface area contributed by atoms with Crippen molar-refractivity contribution >= 4 is 28.0 Å². The summed E-state index contributed by atoms with van der Waals surface area (Å²) < 4.78 is 42.1. The number of benzene rings is 1. The van der Waals surface area contributed by atoms with Crippen LogP contribution in [0.4, 0.5) is 13.2 Å². The SMILES string of the molecule is COC(=O)C=Cc1cc(Br)cc(C(F)(F)F)c1. The highest BCUT2D eigenvalue weighted by molar-refractivity contribution is 9.10. The number of hydrogen-bond acceptors (Lipinski definition) is 2. The quantitative estimate of drug-likeness (QED) is 0.616. The number of carbonyl (C=O) groups is 1. The van der Waals surface area contributed by atoms with E-state index < -0.39 is 17.7 Å². The Bertz CT molecular complexity index is 453. The lowest BCUT2D eigenvalue weighted by Gasteiger charge is -2.08. The maximum atomic E-state index is 12.5. The van der Waals surface area contributed by atoms with Gasteiger partial charge in [-0.05, 0) is 29.8 Å². The Kier molecular flexibility index (Phi) is 4.34. The summed E-state index contributed by atoms with van der Waals surface area (Å²) in [7, 11) is 1.19. The van der Waals surface area contributed by atoms with Gasteiger partial charge in [0.25, 0.3) is 0 Å². The molecule has 0 atom stereocenters. The molecule has 6 heteroatoms. The van der Waals surface area contributed by atoms with Gasteiger partial charge in [0, 0.05) is 10.5 Å². The van der Waals surface area contributed by atoms with Crippen LogP contribution >= 0.6 is 15.9 Å². The highest BCUT2D eigenvalue weighted by atomic mass is 79.9. The van der Waals surface area contributed by atoms with E-state index in [1.807, 2.05) is 0 Å². The second-order valence-corrected chi connectivity index (χ2v) is 4.04. The fourth-order valence-electron chi connectivity index (χ4n) is 1.10. The summed E-state index contributed by atoms with van der Waals surface area (Å²) in [5.41, 5.74) is -0.520. The Balaban J connectivity index is 3.06. The average Bonchev–Trinajstić information content (AvgIpc) is 2.24. The van der Waals surface area contributed by atoms with Crippen LogP contribution in [0.3, 0.4) is 0 Å². The standard InChI is InChI=1S/C11H8BrF3O2/c1-17-10(16)3-2-7-4-8(11(13,14)15)6-9(12)5-7/h2-6H,1H3. The van der Waals surface area contributed by atoms with E-state index in [4.69, 9.17) is 0 Å². The lowest BCUT2D eigenvalue weighted by molar-refractivity contribution is -0.137. The van der Waals surface area contributed by atoms with E-state index in [9.17, 15) is 18.0 Å². The van der Waals surface area contributed by atoms with Crippen molar-refractivity contribution in [3.63, 3.8) is 0 Å². The topological polar surface area (TPSA) is 26.3 Å². The molecule has 0 aliphatic rings. The second kappa shape index (κ2) is 5.35. The molecule has 1 rings (SSSR count). The van der Waals surface area contributed by atoms with E-state index in [-0.39, 0.29) is 10.0 Å². The van der Waals surface area contributed by atoms with Gasteiger partial charge in [0.1, 0.15) is 0 Å². The molecular formula is C11H8BrF3O2. The fraction of sp³-hybridized carbons (Fsp3) is 0.182. The van der Waals surface area contributed by atoms with E-state index in [1.165, 1.54) is 19.3 Å². The zero-order chi connectivity index (χ0) is 13.1. The van der Waals surface area contributed by atoms with Crippen molar-refractivity contribution in [2.45, 2.75) is 6.18 Å². The van der Waals surface area contributed by atoms with Gasteiger partial charge in [-0.1, -0.05) is 15.9 Å². The Morgan fingerprint density at radius 3 is 2.53 bits per heavy atom. The van der Waals surface area contributed by atoms with Crippen LogP contribution in [0.25, 0.3) is 6.08 Å². The molecule has 0 radical (unpaired) electrons. The molecule has 1 aromatic carbocycles. The molecule has 92 valence electrons.